The molecule has 72 valence electrons. The molecule has 0 amide bonds. The molecular formula is C11H16O2. The van der Waals surface area contributed by atoms with Crippen LogP contribution >= 0.6 is 0 Å². The van der Waals surface area contributed by atoms with Crippen LogP contribution in [0, 0.1) is 18.3 Å². The van der Waals surface area contributed by atoms with Gasteiger partial charge in [-0.3, -0.25) is 4.79 Å². The first-order valence-corrected chi connectivity index (χ1v) is 4.45. The van der Waals surface area contributed by atoms with Crippen LogP contribution in [0.15, 0.2) is 11.6 Å². The maximum absolute atomic E-state index is 10.7. The summed E-state index contributed by atoms with van der Waals surface area (Å²) >= 11 is 0. The molecule has 2 nitrogen and oxygen atoms in total. The largest absolute Gasteiger partial charge is 0.481 e. The van der Waals surface area contributed by atoms with Crippen molar-refractivity contribution in [3.05, 3.63) is 11.6 Å². The lowest BCUT2D eigenvalue weighted by atomic mass is 10.0. The van der Waals surface area contributed by atoms with Crippen molar-refractivity contribution in [1.29, 1.82) is 0 Å². The Morgan fingerprint density at radius 2 is 2.31 bits per heavy atom. The van der Waals surface area contributed by atoms with Crippen LogP contribution in [0.4, 0.5) is 0 Å². The summed E-state index contributed by atoms with van der Waals surface area (Å²) in [6, 6.07) is 0. The van der Waals surface area contributed by atoms with E-state index >= 15 is 0 Å². The standard InChI is InChI=1S/C11H16O2/c1-4-6-9(3)8-10(7-5-2)11(12)13/h2,8,10H,4,6-7H2,1,3H3,(H,12,13)/b9-8+. The monoisotopic (exact) mass is 180 g/mol. The van der Waals surface area contributed by atoms with Gasteiger partial charge in [0.15, 0.2) is 0 Å². The molecule has 0 heterocycles. The summed E-state index contributed by atoms with van der Waals surface area (Å²) in [6.07, 6.45) is 9.08. The van der Waals surface area contributed by atoms with E-state index in [0.29, 0.717) is 0 Å². The smallest absolute Gasteiger partial charge is 0.311 e. The van der Waals surface area contributed by atoms with Crippen LogP contribution < -0.4 is 0 Å². The number of aliphatic carboxylic acids is 1. The second-order valence-electron chi connectivity index (χ2n) is 3.12. The van der Waals surface area contributed by atoms with Gasteiger partial charge in [0.2, 0.25) is 0 Å². The van der Waals surface area contributed by atoms with Crippen molar-refractivity contribution in [3.63, 3.8) is 0 Å². The molecule has 0 saturated heterocycles. The number of terminal acetylenes is 1. The quantitative estimate of drug-likeness (QED) is 0.521. The van der Waals surface area contributed by atoms with Crippen molar-refractivity contribution in [2.24, 2.45) is 5.92 Å². The predicted molar refractivity (Wildman–Crippen MR) is 53.2 cm³/mol. The van der Waals surface area contributed by atoms with Crippen LogP contribution in [-0.4, -0.2) is 11.1 Å². The molecule has 0 spiro atoms. The predicted octanol–water partition coefficient (Wildman–Crippen LogP) is 2.46. The third-order valence-corrected chi connectivity index (χ3v) is 1.79. The molecule has 2 heteroatoms. The Balaban J connectivity index is 4.32. The van der Waals surface area contributed by atoms with Crippen molar-refractivity contribution in [1.82, 2.24) is 0 Å². The van der Waals surface area contributed by atoms with Gasteiger partial charge in [-0.2, -0.15) is 0 Å². The molecule has 13 heavy (non-hydrogen) atoms. The molecule has 0 bridgehead atoms. The Kier molecular flexibility index (Phi) is 5.71. The Morgan fingerprint density at radius 3 is 2.69 bits per heavy atom. The van der Waals surface area contributed by atoms with E-state index in [9.17, 15) is 4.79 Å². The molecule has 0 radical (unpaired) electrons. The zero-order chi connectivity index (χ0) is 10.3. The number of carboxylic acid groups (broad SMARTS) is 1. The minimum atomic E-state index is -0.839. The molecule has 0 aliphatic carbocycles. The lowest BCUT2D eigenvalue weighted by Gasteiger charge is -2.05. The summed E-state index contributed by atoms with van der Waals surface area (Å²) in [4.78, 5) is 10.7. The minimum absolute atomic E-state index is 0.274. The molecule has 0 saturated carbocycles. The zero-order valence-electron chi connectivity index (χ0n) is 8.21. The Hall–Kier alpha value is -1.23. The van der Waals surface area contributed by atoms with Crippen LogP contribution in [0.25, 0.3) is 0 Å². The van der Waals surface area contributed by atoms with Crippen molar-refractivity contribution >= 4 is 5.97 Å². The Labute approximate surface area is 79.7 Å². The highest BCUT2D eigenvalue weighted by Crippen LogP contribution is 2.11. The third kappa shape index (κ3) is 5.08. The highest BCUT2D eigenvalue weighted by atomic mass is 16.4. The van der Waals surface area contributed by atoms with E-state index in [1.165, 1.54) is 0 Å². The topological polar surface area (TPSA) is 37.3 Å². The molecule has 1 unspecified atom stereocenters. The van der Waals surface area contributed by atoms with Crippen LogP contribution in [0.2, 0.25) is 0 Å². The fourth-order valence-corrected chi connectivity index (χ4v) is 1.17. The first kappa shape index (κ1) is 11.8. The van der Waals surface area contributed by atoms with Crippen molar-refractivity contribution in [2.45, 2.75) is 33.1 Å². The molecule has 0 fully saturated rings. The number of rotatable bonds is 5. The zero-order valence-corrected chi connectivity index (χ0v) is 8.21. The highest BCUT2D eigenvalue weighted by molar-refractivity contribution is 5.72. The molecule has 0 rings (SSSR count). The Bertz CT molecular complexity index is 233. The molecular weight excluding hydrogens is 164 g/mol. The maximum atomic E-state index is 10.7. The van der Waals surface area contributed by atoms with E-state index < -0.39 is 11.9 Å². The van der Waals surface area contributed by atoms with Crippen LogP contribution in [0.1, 0.15) is 33.1 Å². The van der Waals surface area contributed by atoms with Gasteiger partial charge in [-0.05, 0) is 13.3 Å². The summed E-state index contributed by atoms with van der Waals surface area (Å²) < 4.78 is 0. The molecule has 0 aliphatic rings. The average Bonchev–Trinajstić information content (AvgIpc) is 2.04. The fraction of sp³-hybridized carbons (Fsp3) is 0.545. The highest BCUT2D eigenvalue weighted by Gasteiger charge is 2.12. The van der Waals surface area contributed by atoms with Gasteiger partial charge in [0.05, 0.1) is 5.92 Å². The fourth-order valence-electron chi connectivity index (χ4n) is 1.17. The van der Waals surface area contributed by atoms with E-state index in [4.69, 9.17) is 11.5 Å². The SMILES string of the molecule is C#CCC(/C=C(\C)CCC)C(=O)O. The van der Waals surface area contributed by atoms with E-state index in [-0.39, 0.29) is 6.42 Å². The summed E-state index contributed by atoms with van der Waals surface area (Å²) in [6.45, 7) is 4.00. The van der Waals surface area contributed by atoms with Gasteiger partial charge in [0.1, 0.15) is 0 Å². The first-order chi connectivity index (χ1) is 6.11. The number of allylic oxidation sites excluding steroid dienone is 1. The third-order valence-electron chi connectivity index (χ3n) is 1.79. The molecule has 0 aromatic carbocycles. The van der Waals surface area contributed by atoms with E-state index in [1.807, 2.05) is 6.92 Å². The van der Waals surface area contributed by atoms with Gasteiger partial charge in [-0.1, -0.05) is 25.0 Å². The van der Waals surface area contributed by atoms with Crippen molar-refractivity contribution < 1.29 is 9.90 Å². The van der Waals surface area contributed by atoms with Gasteiger partial charge in [-0.15, -0.1) is 12.3 Å². The lowest BCUT2D eigenvalue weighted by molar-refractivity contribution is -0.139. The second kappa shape index (κ2) is 6.30. The van der Waals surface area contributed by atoms with E-state index in [2.05, 4.69) is 12.8 Å². The minimum Gasteiger partial charge on any atom is -0.481 e. The average molecular weight is 180 g/mol. The van der Waals surface area contributed by atoms with Crippen molar-refractivity contribution in [2.75, 3.05) is 0 Å². The van der Waals surface area contributed by atoms with Gasteiger partial charge < -0.3 is 5.11 Å². The lowest BCUT2D eigenvalue weighted by Crippen LogP contribution is -2.10. The van der Waals surface area contributed by atoms with Crippen molar-refractivity contribution in [3.8, 4) is 12.3 Å². The normalized spacial score (nSPS) is 13.5. The van der Waals surface area contributed by atoms with Gasteiger partial charge in [0.25, 0.3) is 0 Å². The molecule has 1 N–H and O–H groups in total. The second-order valence-corrected chi connectivity index (χ2v) is 3.12. The summed E-state index contributed by atoms with van der Waals surface area (Å²) in [5, 5.41) is 8.78. The van der Waals surface area contributed by atoms with Crippen LogP contribution in [-0.2, 0) is 4.79 Å². The number of carboxylic acids is 1. The van der Waals surface area contributed by atoms with E-state index in [0.717, 1.165) is 18.4 Å². The molecule has 0 aromatic rings. The molecule has 0 aromatic heterocycles. The summed E-state index contributed by atoms with van der Waals surface area (Å²) in [5.41, 5.74) is 1.10. The number of hydrogen-bond donors (Lipinski definition) is 1. The number of carbonyl (C=O) groups is 1. The number of hydrogen-bond acceptors (Lipinski definition) is 1. The summed E-state index contributed by atoms with van der Waals surface area (Å²) in [5.74, 6) is 1.01. The molecule has 0 aliphatic heterocycles. The first-order valence-electron chi connectivity index (χ1n) is 4.45. The maximum Gasteiger partial charge on any atom is 0.311 e. The molecule has 1 atom stereocenters. The van der Waals surface area contributed by atoms with E-state index in [1.54, 1.807) is 6.08 Å². The van der Waals surface area contributed by atoms with Gasteiger partial charge in [-0.25, -0.2) is 0 Å². The van der Waals surface area contributed by atoms with Crippen LogP contribution in [0.5, 0.6) is 0 Å². The van der Waals surface area contributed by atoms with Gasteiger partial charge >= 0.3 is 5.97 Å². The van der Waals surface area contributed by atoms with Crippen LogP contribution in [0.3, 0.4) is 0 Å². The Morgan fingerprint density at radius 1 is 1.69 bits per heavy atom. The van der Waals surface area contributed by atoms with Gasteiger partial charge in [0, 0.05) is 6.42 Å². The summed E-state index contributed by atoms with van der Waals surface area (Å²) in [7, 11) is 0.